The van der Waals surface area contributed by atoms with Crippen molar-refractivity contribution in [3.8, 4) is 11.3 Å². The summed E-state index contributed by atoms with van der Waals surface area (Å²) in [6.45, 7) is 8.37. The van der Waals surface area contributed by atoms with Gasteiger partial charge in [-0.25, -0.2) is 4.98 Å². The van der Waals surface area contributed by atoms with E-state index in [4.69, 9.17) is 5.73 Å². The zero-order chi connectivity index (χ0) is 13.5. The molecule has 0 saturated carbocycles. The van der Waals surface area contributed by atoms with Gasteiger partial charge in [0.25, 0.3) is 0 Å². The second-order valence-electron chi connectivity index (χ2n) is 5.38. The molecule has 0 unspecified atom stereocenters. The smallest absolute Gasteiger partial charge is 0.132 e. The molecule has 18 heavy (non-hydrogen) atoms. The Balaban J connectivity index is 2.66. The van der Waals surface area contributed by atoms with E-state index in [9.17, 15) is 0 Å². The van der Waals surface area contributed by atoms with Gasteiger partial charge in [-0.1, -0.05) is 34.1 Å². The van der Waals surface area contributed by atoms with Gasteiger partial charge in [0.2, 0.25) is 0 Å². The molecule has 0 radical (unpaired) electrons. The standard InChI is InChI=1S/C14H18BrN3/c1-9-17-12(10-7-5-6-8-11(10)15)13(16)18(9)14(2,3)4/h5-8H,16H2,1-4H3. The summed E-state index contributed by atoms with van der Waals surface area (Å²) in [5.74, 6) is 1.65. The summed E-state index contributed by atoms with van der Waals surface area (Å²) in [6, 6.07) is 8.00. The summed E-state index contributed by atoms with van der Waals surface area (Å²) in [4.78, 5) is 4.62. The molecule has 0 bridgehead atoms. The van der Waals surface area contributed by atoms with Crippen LogP contribution in [0.5, 0.6) is 0 Å². The number of rotatable bonds is 1. The minimum Gasteiger partial charge on any atom is -0.383 e. The Labute approximate surface area is 116 Å². The van der Waals surface area contributed by atoms with E-state index < -0.39 is 0 Å². The molecule has 1 aromatic carbocycles. The third-order valence-electron chi connectivity index (χ3n) is 2.88. The lowest BCUT2D eigenvalue weighted by molar-refractivity contribution is 0.393. The van der Waals surface area contributed by atoms with Gasteiger partial charge in [-0.15, -0.1) is 0 Å². The fourth-order valence-corrected chi connectivity index (χ4v) is 2.72. The predicted molar refractivity (Wildman–Crippen MR) is 79.5 cm³/mol. The monoisotopic (exact) mass is 307 g/mol. The van der Waals surface area contributed by atoms with Gasteiger partial charge in [0.1, 0.15) is 17.3 Å². The normalized spacial score (nSPS) is 11.8. The first kappa shape index (κ1) is 13.1. The van der Waals surface area contributed by atoms with Crippen molar-refractivity contribution >= 4 is 21.7 Å². The van der Waals surface area contributed by atoms with Crippen LogP contribution in [0.1, 0.15) is 26.6 Å². The number of aryl methyl sites for hydroxylation is 1. The van der Waals surface area contributed by atoms with Crippen LogP contribution in [0, 0.1) is 6.92 Å². The van der Waals surface area contributed by atoms with Gasteiger partial charge < -0.3 is 10.3 Å². The van der Waals surface area contributed by atoms with Gasteiger partial charge in [-0.2, -0.15) is 0 Å². The van der Waals surface area contributed by atoms with Crippen molar-refractivity contribution in [2.45, 2.75) is 33.2 Å². The van der Waals surface area contributed by atoms with E-state index in [1.165, 1.54) is 0 Å². The van der Waals surface area contributed by atoms with Crippen LogP contribution in [0.25, 0.3) is 11.3 Å². The Morgan fingerprint density at radius 2 is 1.83 bits per heavy atom. The van der Waals surface area contributed by atoms with Crippen molar-refractivity contribution < 1.29 is 0 Å². The molecule has 0 saturated heterocycles. The number of hydrogen-bond donors (Lipinski definition) is 1. The minimum atomic E-state index is -0.0688. The maximum absolute atomic E-state index is 6.27. The van der Waals surface area contributed by atoms with Crippen LogP contribution in [0.15, 0.2) is 28.7 Å². The van der Waals surface area contributed by atoms with Crippen LogP contribution in [-0.4, -0.2) is 9.55 Å². The summed E-state index contributed by atoms with van der Waals surface area (Å²) >= 11 is 3.55. The number of halogens is 1. The highest BCUT2D eigenvalue weighted by Gasteiger charge is 2.23. The Morgan fingerprint density at radius 1 is 1.22 bits per heavy atom. The molecule has 4 heteroatoms. The van der Waals surface area contributed by atoms with E-state index in [2.05, 4.69) is 46.3 Å². The zero-order valence-corrected chi connectivity index (χ0v) is 12.7. The third-order valence-corrected chi connectivity index (χ3v) is 3.57. The maximum atomic E-state index is 6.27. The van der Waals surface area contributed by atoms with Gasteiger partial charge >= 0.3 is 0 Å². The number of anilines is 1. The van der Waals surface area contributed by atoms with Crippen molar-refractivity contribution in [2.24, 2.45) is 0 Å². The molecule has 0 aliphatic heterocycles. The number of nitrogen functional groups attached to an aromatic ring is 1. The van der Waals surface area contributed by atoms with Crippen molar-refractivity contribution in [3.63, 3.8) is 0 Å². The molecule has 0 spiro atoms. The van der Waals surface area contributed by atoms with E-state index in [0.29, 0.717) is 5.82 Å². The van der Waals surface area contributed by atoms with E-state index >= 15 is 0 Å². The summed E-state index contributed by atoms with van der Waals surface area (Å²) in [6.07, 6.45) is 0. The largest absolute Gasteiger partial charge is 0.383 e. The molecule has 1 aromatic heterocycles. The number of imidazole rings is 1. The molecule has 3 nitrogen and oxygen atoms in total. The molecule has 2 rings (SSSR count). The van der Waals surface area contributed by atoms with E-state index in [-0.39, 0.29) is 5.54 Å². The average Bonchev–Trinajstić information content (AvgIpc) is 2.54. The van der Waals surface area contributed by atoms with Gasteiger partial charge in [-0.3, -0.25) is 0 Å². The Hall–Kier alpha value is -1.29. The average molecular weight is 308 g/mol. The summed E-state index contributed by atoms with van der Waals surface area (Å²) in [5, 5.41) is 0. The van der Waals surface area contributed by atoms with Gasteiger partial charge in [0, 0.05) is 15.6 Å². The van der Waals surface area contributed by atoms with Gasteiger partial charge in [0.05, 0.1) is 0 Å². The van der Waals surface area contributed by atoms with Crippen LogP contribution in [0.3, 0.4) is 0 Å². The molecule has 0 fully saturated rings. The van der Waals surface area contributed by atoms with E-state index in [1.807, 2.05) is 31.2 Å². The second kappa shape index (κ2) is 4.43. The van der Waals surface area contributed by atoms with Crippen LogP contribution in [-0.2, 0) is 5.54 Å². The molecular formula is C14H18BrN3. The first-order valence-corrected chi connectivity index (χ1v) is 6.72. The van der Waals surface area contributed by atoms with E-state index in [0.717, 1.165) is 21.6 Å². The Kier molecular flexibility index (Phi) is 3.23. The Morgan fingerprint density at radius 3 is 2.33 bits per heavy atom. The summed E-state index contributed by atoms with van der Waals surface area (Å²) in [5.41, 5.74) is 8.07. The molecule has 2 N–H and O–H groups in total. The number of hydrogen-bond acceptors (Lipinski definition) is 2. The SMILES string of the molecule is Cc1nc(-c2ccccc2Br)c(N)n1C(C)(C)C. The summed E-state index contributed by atoms with van der Waals surface area (Å²) < 4.78 is 3.08. The second-order valence-corrected chi connectivity index (χ2v) is 6.23. The van der Waals surface area contributed by atoms with E-state index in [1.54, 1.807) is 0 Å². The highest BCUT2D eigenvalue weighted by Crippen LogP contribution is 2.34. The fourth-order valence-electron chi connectivity index (χ4n) is 2.25. The molecule has 0 atom stereocenters. The van der Waals surface area contributed by atoms with Crippen LogP contribution < -0.4 is 5.73 Å². The molecule has 0 aliphatic carbocycles. The highest BCUT2D eigenvalue weighted by atomic mass is 79.9. The quantitative estimate of drug-likeness (QED) is 0.866. The summed E-state index contributed by atoms with van der Waals surface area (Å²) in [7, 11) is 0. The first-order valence-electron chi connectivity index (χ1n) is 5.92. The zero-order valence-electron chi connectivity index (χ0n) is 11.2. The lowest BCUT2D eigenvalue weighted by Crippen LogP contribution is -2.24. The van der Waals surface area contributed by atoms with Crippen molar-refractivity contribution in [3.05, 3.63) is 34.6 Å². The number of nitrogens with two attached hydrogens (primary N) is 1. The van der Waals surface area contributed by atoms with Crippen LogP contribution in [0.2, 0.25) is 0 Å². The topological polar surface area (TPSA) is 43.8 Å². The fraction of sp³-hybridized carbons (Fsp3) is 0.357. The molecule has 96 valence electrons. The molecule has 2 aromatic rings. The maximum Gasteiger partial charge on any atom is 0.132 e. The first-order chi connectivity index (χ1) is 8.32. The van der Waals surface area contributed by atoms with Crippen LogP contribution in [0.4, 0.5) is 5.82 Å². The highest BCUT2D eigenvalue weighted by molar-refractivity contribution is 9.10. The van der Waals surface area contributed by atoms with Crippen molar-refractivity contribution in [1.29, 1.82) is 0 Å². The van der Waals surface area contributed by atoms with Gasteiger partial charge in [-0.05, 0) is 33.8 Å². The molecule has 0 aliphatic rings. The number of benzene rings is 1. The van der Waals surface area contributed by atoms with Crippen molar-refractivity contribution in [2.75, 3.05) is 5.73 Å². The lowest BCUT2D eigenvalue weighted by Gasteiger charge is -2.24. The van der Waals surface area contributed by atoms with Crippen molar-refractivity contribution in [1.82, 2.24) is 9.55 Å². The third kappa shape index (κ3) is 2.17. The number of aromatic nitrogens is 2. The Bertz CT molecular complexity index is 579. The predicted octanol–water partition coefficient (Wildman–Crippen LogP) is 3.96. The molecule has 0 amide bonds. The van der Waals surface area contributed by atoms with Gasteiger partial charge in [0.15, 0.2) is 0 Å². The number of nitrogens with zero attached hydrogens (tertiary/aromatic N) is 2. The molecular weight excluding hydrogens is 290 g/mol. The lowest BCUT2D eigenvalue weighted by atomic mass is 10.1. The van der Waals surface area contributed by atoms with Crippen LogP contribution >= 0.6 is 15.9 Å². The molecule has 1 heterocycles. The minimum absolute atomic E-state index is 0.0688.